The second kappa shape index (κ2) is 5.60. The fraction of sp³-hybridized carbons (Fsp3) is 0.250. The van der Waals surface area contributed by atoms with Gasteiger partial charge < -0.3 is 4.98 Å². The summed E-state index contributed by atoms with van der Waals surface area (Å²) < 4.78 is 0. The molecule has 0 atom stereocenters. The summed E-state index contributed by atoms with van der Waals surface area (Å²) >= 11 is 0. The smallest absolute Gasteiger partial charge is 0.314 e. The minimum Gasteiger partial charge on any atom is -0.314 e. The van der Waals surface area contributed by atoms with Gasteiger partial charge in [0.15, 0.2) is 0 Å². The molecule has 0 aliphatic heterocycles. The fourth-order valence-electron chi connectivity index (χ4n) is 1.38. The van der Waals surface area contributed by atoms with Crippen molar-refractivity contribution in [3.8, 4) is 0 Å². The maximum atomic E-state index is 11.4. The Morgan fingerprint density at radius 1 is 1.29 bits per heavy atom. The topological polar surface area (TPSA) is 65.7 Å². The van der Waals surface area contributed by atoms with Gasteiger partial charge in [-0.15, -0.1) is 8.86 Å². The molecule has 0 fully saturated rings. The van der Waals surface area contributed by atoms with Crippen LogP contribution in [-0.2, 0) is 0 Å². The lowest BCUT2D eigenvalue weighted by atomic mass is 10.1. The van der Waals surface area contributed by atoms with E-state index in [-0.39, 0.29) is 0 Å². The van der Waals surface area contributed by atoms with Crippen molar-refractivity contribution in [3.63, 3.8) is 0 Å². The second-order valence-corrected chi connectivity index (χ2v) is 4.65. The molecule has 0 aromatic carbocycles. The molecular formula is C12H15N2O2P. The third-order valence-electron chi connectivity index (χ3n) is 2.22. The lowest BCUT2D eigenvalue weighted by molar-refractivity contribution is 1.03. The number of aromatic amines is 2. The van der Waals surface area contributed by atoms with E-state index >= 15 is 0 Å². The first-order chi connectivity index (χ1) is 7.91. The van der Waals surface area contributed by atoms with Crippen molar-refractivity contribution >= 4 is 20.2 Å². The highest BCUT2D eigenvalue weighted by Crippen LogP contribution is 2.10. The third kappa shape index (κ3) is 3.68. The van der Waals surface area contributed by atoms with Crippen LogP contribution in [0.15, 0.2) is 33.0 Å². The Kier molecular flexibility index (Phi) is 4.41. The van der Waals surface area contributed by atoms with Crippen LogP contribution in [0, 0.1) is 0 Å². The molecule has 0 aliphatic carbocycles. The van der Waals surface area contributed by atoms with Gasteiger partial charge in [-0.3, -0.25) is 9.78 Å². The molecule has 0 bridgehead atoms. The Morgan fingerprint density at radius 2 is 1.94 bits per heavy atom. The maximum absolute atomic E-state index is 11.4. The first kappa shape index (κ1) is 13.4. The van der Waals surface area contributed by atoms with Gasteiger partial charge in [0.2, 0.25) is 0 Å². The molecular weight excluding hydrogens is 235 g/mol. The first-order valence-electron chi connectivity index (χ1n) is 5.15. The van der Waals surface area contributed by atoms with Gasteiger partial charge >= 0.3 is 5.69 Å². The van der Waals surface area contributed by atoms with Crippen LogP contribution in [-0.4, -0.2) is 15.3 Å². The van der Waals surface area contributed by atoms with Crippen molar-refractivity contribution < 1.29 is 0 Å². The molecule has 90 valence electrons. The number of H-pyrrole nitrogens is 2. The molecule has 0 aliphatic rings. The zero-order chi connectivity index (χ0) is 13.0. The number of nitrogens with one attached hydrogen (secondary N) is 2. The van der Waals surface area contributed by atoms with Crippen LogP contribution in [0.2, 0.25) is 0 Å². The van der Waals surface area contributed by atoms with Crippen LogP contribution < -0.4 is 11.2 Å². The lowest BCUT2D eigenvalue weighted by Crippen LogP contribution is -2.22. The van der Waals surface area contributed by atoms with Crippen LogP contribution in [0.3, 0.4) is 0 Å². The summed E-state index contributed by atoms with van der Waals surface area (Å²) in [7, 11) is 3.46. The molecule has 5 heteroatoms. The van der Waals surface area contributed by atoms with E-state index in [2.05, 4.69) is 18.8 Å². The summed E-state index contributed by atoms with van der Waals surface area (Å²) in [6, 6.07) is 0. The Bertz CT molecular complexity index is 601. The number of allylic oxidation sites excluding steroid dienone is 3. The second-order valence-electron chi connectivity index (χ2n) is 3.90. The van der Waals surface area contributed by atoms with Crippen molar-refractivity contribution in [2.45, 2.75) is 20.8 Å². The molecule has 1 aromatic heterocycles. The van der Waals surface area contributed by atoms with E-state index in [4.69, 9.17) is 0 Å². The van der Waals surface area contributed by atoms with E-state index in [9.17, 15) is 9.59 Å². The summed E-state index contributed by atoms with van der Waals surface area (Å²) in [5, 5.41) is 0.988. The maximum Gasteiger partial charge on any atom is 0.325 e. The summed E-state index contributed by atoms with van der Waals surface area (Å²) in [6.45, 7) is 5.90. The van der Waals surface area contributed by atoms with Gasteiger partial charge in [0.05, 0.1) is 5.56 Å². The van der Waals surface area contributed by atoms with Crippen molar-refractivity contribution in [1.29, 1.82) is 0 Å². The molecule has 17 heavy (non-hydrogen) atoms. The van der Waals surface area contributed by atoms with E-state index in [1.807, 2.05) is 26.8 Å². The number of rotatable bonds is 3. The highest BCUT2D eigenvalue weighted by molar-refractivity contribution is 7.22. The molecule has 1 heterocycles. The highest BCUT2D eigenvalue weighted by Gasteiger charge is 1.99. The van der Waals surface area contributed by atoms with Crippen LogP contribution >= 0.6 is 8.86 Å². The monoisotopic (exact) mass is 250 g/mol. The standard InChI is InChI=1S/C12H15N2O2P/c1-7(2)10(8(3)17)5-4-9-6-13-12(16)14-11(9)15/h4-6,17H,1-3H3,(H2,13,14,15,16). The van der Waals surface area contributed by atoms with Gasteiger partial charge in [0, 0.05) is 6.20 Å². The summed E-state index contributed by atoms with van der Waals surface area (Å²) in [6.07, 6.45) is 4.89. The molecule has 0 spiro atoms. The zero-order valence-electron chi connectivity index (χ0n) is 10.0. The van der Waals surface area contributed by atoms with Gasteiger partial charge in [-0.1, -0.05) is 11.6 Å². The van der Waals surface area contributed by atoms with Crippen molar-refractivity contribution in [2.24, 2.45) is 0 Å². The Morgan fingerprint density at radius 3 is 2.41 bits per heavy atom. The van der Waals surface area contributed by atoms with Crippen LogP contribution in [0.5, 0.6) is 0 Å². The highest BCUT2D eigenvalue weighted by atomic mass is 31.0. The molecule has 4 nitrogen and oxygen atoms in total. The van der Waals surface area contributed by atoms with Crippen LogP contribution in [0.25, 0.3) is 6.08 Å². The molecule has 1 aromatic rings. The van der Waals surface area contributed by atoms with Crippen LogP contribution in [0.1, 0.15) is 26.3 Å². The van der Waals surface area contributed by atoms with Gasteiger partial charge in [-0.25, -0.2) is 4.79 Å². The van der Waals surface area contributed by atoms with E-state index in [0.29, 0.717) is 5.56 Å². The van der Waals surface area contributed by atoms with Gasteiger partial charge in [0.25, 0.3) is 5.56 Å². The SMILES string of the molecule is CC(=P)C(C=Cc1c[nH]c(=O)[nH]c1=O)=C(C)C. The molecule has 0 saturated carbocycles. The third-order valence-corrected chi connectivity index (χ3v) is 2.49. The molecule has 0 unspecified atom stereocenters. The van der Waals surface area contributed by atoms with Crippen molar-refractivity contribution in [3.05, 3.63) is 49.8 Å². The summed E-state index contributed by atoms with van der Waals surface area (Å²) in [4.78, 5) is 26.9. The van der Waals surface area contributed by atoms with Gasteiger partial charge in [-0.2, -0.15) is 0 Å². The van der Waals surface area contributed by atoms with Crippen LogP contribution in [0.4, 0.5) is 0 Å². The summed E-state index contributed by atoms with van der Waals surface area (Å²) in [5.41, 5.74) is 1.67. The predicted octanol–water partition coefficient (Wildman–Crippen LogP) is 1.75. The molecule has 1 rings (SSSR count). The number of hydrogen-bond acceptors (Lipinski definition) is 2. The van der Waals surface area contributed by atoms with E-state index in [0.717, 1.165) is 16.4 Å². The van der Waals surface area contributed by atoms with Crippen molar-refractivity contribution in [2.75, 3.05) is 0 Å². The average molecular weight is 250 g/mol. The quantitative estimate of drug-likeness (QED) is 0.634. The number of aromatic nitrogens is 2. The Hall–Kier alpha value is -1.67. The van der Waals surface area contributed by atoms with Gasteiger partial charge in [-0.05, 0) is 37.7 Å². The van der Waals surface area contributed by atoms with E-state index in [1.54, 1.807) is 6.08 Å². The fourth-order valence-corrected chi connectivity index (χ4v) is 1.72. The van der Waals surface area contributed by atoms with Crippen molar-refractivity contribution in [1.82, 2.24) is 9.97 Å². The first-order valence-corrected chi connectivity index (χ1v) is 5.65. The minimum absolute atomic E-state index is 0.398. The van der Waals surface area contributed by atoms with E-state index in [1.165, 1.54) is 6.20 Å². The minimum atomic E-state index is -0.502. The van der Waals surface area contributed by atoms with Gasteiger partial charge in [0.1, 0.15) is 0 Å². The lowest BCUT2D eigenvalue weighted by Gasteiger charge is -2.02. The predicted molar refractivity (Wildman–Crippen MR) is 74.1 cm³/mol. The Balaban J connectivity index is 3.14. The Labute approximate surface area is 101 Å². The molecule has 0 radical (unpaired) electrons. The molecule has 2 N–H and O–H groups in total. The average Bonchev–Trinajstić information content (AvgIpc) is 2.20. The molecule has 0 amide bonds. The number of hydrogen-bond donors (Lipinski definition) is 2. The molecule has 0 saturated heterocycles. The normalized spacial score (nSPS) is 10.5. The largest absolute Gasteiger partial charge is 0.325 e. The summed E-state index contributed by atoms with van der Waals surface area (Å²) in [5.74, 6) is 0. The van der Waals surface area contributed by atoms with E-state index < -0.39 is 11.2 Å². The zero-order valence-corrected chi connectivity index (χ0v) is 11.0.